The number of benzene rings is 1. The molecule has 2 rings (SSSR count). The van der Waals surface area contributed by atoms with Gasteiger partial charge in [0, 0.05) is 5.41 Å². The van der Waals surface area contributed by atoms with Gasteiger partial charge in [0.1, 0.15) is 0 Å². The van der Waals surface area contributed by atoms with Crippen LogP contribution >= 0.6 is 0 Å². The van der Waals surface area contributed by atoms with Crippen LogP contribution in [0.25, 0.3) is 0 Å². The number of halogens is 3. The number of hydrogen-bond donors (Lipinski definition) is 1. The summed E-state index contributed by atoms with van der Waals surface area (Å²) in [6.07, 6.45) is 1.49. The van der Waals surface area contributed by atoms with E-state index in [0.717, 1.165) is 18.6 Å². The predicted octanol–water partition coefficient (Wildman–Crippen LogP) is 3.00. The second-order valence-electron chi connectivity index (χ2n) is 4.43. The molecule has 1 fully saturated rings. The number of carboxylic acids is 1. The Kier molecular flexibility index (Phi) is 2.85. The summed E-state index contributed by atoms with van der Waals surface area (Å²) in [6, 6.07) is 1.99. The normalized spacial score (nSPS) is 17.6. The lowest BCUT2D eigenvalue weighted by molar-refractivity contribution is -0.139. The summed E-state index contributed by atoms with van der Waals surface area (Å²) in [5.74, 6) is -5.10. The first-order valence-electron chi connectivity index (χ1n) is 5.32. The topological polar surface area (TPSA) is 37.3 Å². The van der Waals surface area contributed by atoms with Gasteiger partial charge in [-0.15, -0.1) is 0 Å². The third kappa shape index (κ3) is 1.90. The molecule has 1 saturated carbocycles. The standard InChI is InChI=1S/C12H11F3O2/c13-8-3-2-7(10(14)11(8)15)12(4-1-5-12)6-9(16)17/h2-3H,1,4-6H2,(H,16,17). The molecule has 1 aliphatic rings. The van der Waals surface area contributed by atoms with Gasteiger partial charge < -0.3 is 5.11 Å². The van der Waals surface area contributed by atoms with Crippen LogP contribution in [0.2, 0.25) is 0 Å². The summed E-state index contributed by atoms with van der Waals surface area (Å²) in [5, 5.41) is 8.80. The van der Waals surface area contributed by atoms with Crippen molar-refractivity contribution in [2.45, 2.75) is 31.1 Å². The zero-order valence-electron chi connectivity index (χ0n) is 8.97. The van der Waals surface area contributed by atoms with Crippen LogP contribution < -0.4 is 0 Å². The van der Waals surface area contributed by atoms with E-state index in [4.69, 9.17) is 5.11 Å². The minimum atomic E-state index is -1.53. The third-order valence-electron chi connectivity index (χ3n) is 3.41. The summed E-state index contributed by atoms with van der Waals surface area (Å²) >= 11 is 0. The van der Waals surface area contributed by atoms with Crippen molar-refractivity contribution in [2.24, 2.45) is 0 Å². The molecule has 0 aliphatic heterocycles. The number of carbonyl (C=O) groups is 1. The second kappa shape index (κ2) is 4.05. The summed E-state index contributed by atoms with van der Waals surface area (Å²) in [5.41, 5.74) is -0.894. The van der Waals surface area contributed by atoms with Crippen LogP contribution in [0.15, 0.2) is 12.1 Å². The van der Waals surface area contributed by atoms with Crippen LogP contribution in [0.5, 0.6) is 0 Å². The Morgan fingerprint density at radius 2 is 1.88 bits per heavy atom. The maximum atomic E-state index is 13.6. The van der Waals surface area contributed by atoms with Gasteiger partial charge in [-0.3, -0.25) is 4.79 Å². The Hall–Kier alpha value is -1.52. The zero-order chi connectivity index (χ0) is 12.6. The van der Waals surface area contributed by atoms with Gasteiger partial charge >= 0.3 is 5.97 Å². The monoisotopic (exact) mass is 244 g/mol. The first-order valence-corrected chi connectivity index (χ1v) is 5.32. The average molecular weight is 244 g/mol. The predicted molar refractivity (Wildman–Crippen MR) is 54.1 cm³/mol. The van der Waals surface area contributed by atoms with Gasteiger partial charge in [0.05, 0.1) is 6.42 Å². The van der Waals surface area contributed by atoms with Crippen molar-refractivity contribution >= 4 is 5.97 Å². The van der Waals surface area contributed by atoms with Gasteiger partial charge in [0.2, 0.25) is 0 Å². The van der Waals surface area contributed by atoms with Gasteiger partial charge in [-0.05, 0) is 24.5 Å². The van der Waals surface area contributed by atoms with Crippen LogP contribution in [0, 0.1) is 17.5 Å². The fourth-order valence-corrected chi connectivity index (χ4v) is 2.37. The number of rotatable bonds is 3. The molecule has 1 N–H and O–H groups in total. The van der Waals surface area contributed by atoms with Crippen molar-refractivity contribution < 1.29 is 23.1 Å². The van der Waals surface area contributed by atoms with E-state index in [9.17, 15) is 18.0 Å². The highest BCUT2D eigenvalue weighted by molar-refractivity contribution is 5.69. The summed E-state index contributed by atoms with van der Waals surface area (Å²) < 4.78 is 39.5. The van der Waals surface area contributed by atoms with E-state index in [1.807, 2.05) is 0 Å². The van der Waals surface area contributed by atoms with Gasteiger partial charge in [0.15, 0.2) is 17.5 Å². The van der Waals surface area contributed by atoms with Crippen molar-refractivity contribution in [1.29, 1.82) is 0 Å². The van der Waals surface area contributed by atoms with Crippen LogP contribution in [0.1, 0.15) is 31.2 Å². The third-order valence-corrected chi connectivity index (χ3v) is 3.41. The lowest BCUT2D eigenvalue weighted by Gasteiger charge is -2.41. The molecule has 0 spiro atoms. The molecule has 0 bridgehead atoms. The molecule has 0 unspecified atom stereocenters. The van der Waals surface area contributed by atoms with Crippen molar-refractivity contribution in [2.75, 3.05) is 0 Å². The molecule has 1 aliphatic carbocycles. The number of hydrogen-bond acceptors (Lipinski definition) is 1. The van der Waals surface area contributed by atoms with E-state index in [0.29, 0.717) is 12.8 Å². The first-order chi connectivity index (χ1) is 7.96. The first kappa shape index (κ1) is 12.0. The Labute approximate surface area is 96.1 Å². The second-order valence-corrected chi connectivity index (χ2v) is 4.43. The van der Waals surface area contributed by atoms with Crippen molar-refractivity contribution in [3.8, 4) is 0 Å². The molecule has 92 valence electrons. The van der Waals surface area contributed by atoms with E-state index < -0.39 is 28.8 Å². The molecule has 0 radical (unpaired) electrons. The highest BCUT2D eigenvalue weighted by Crippen LogP contribution is 2.47. The molecule has 0 aromatic heterocycles. The summed E-state index contributed by atoms with van der Waals surface area (Å²) in [7, 11) is 0. The molecule has 0 heterocycles. The van der Waals surface area contributed by atoms with Crippen LogP contribution in [0.4, 0.5) is 13.2 Å². The lowest BCUT2D eigenvalue weighted by atomic mass is 9.62. The average Bonchev–Trinajstić information content (AvgIpc) is 2.21. The van der Waals surface area contributed by atoms with Crippen molar-refractivity contribution in [3.05, 3.63) is 35.1 Å². The Bertz CT molecular complexity index is 467. The molecule has 1 aromatic carbocycles. The molecule has 1 aromatic rings. The number of carboxylic acid groups (broad SMARTS) is 1. The fourth-order valence-electron chi connectivity index (χ4n) is 2.37. The Morgan fingerprint density at radius 1 is 1.24 bits per heavy atom. The van der Waals surface area contributed by atoms with Crippen molar-refractivity contribution in [1.82, 2.24) is 0 Å². The Morgan fingerprint density at radius 3 is 2.35 bits per heavy atom. The largest absolute Gasteiger partial charge is 0.481 e. The molecule has 17 heavy (non-hydrogen) atoms. The highest BCUT2D eigenvalue weighted by Gasteiger charge is 2.43. The molecule has 5 heteroatoms. The van der Waals surface area contributed by atoms with E-state index in [-0.39, 0.29) is 12.0 Å². The fraction of sp³-hybridized carbons (Fsp3) is 0.417. The van der Waals surface area contributed by atoms with E-state index in [2.05, 4.69) is 0 Å². The van der Waals surface area contributed by atoms with Crippen LogP contribution in [0.3, 0.4) is 0 Å². The molecular formula is C12H11F3O2. The molecule has 0 amide bonds. The Balaban J connectivity index is 2.45. The summed E-state index contributed by atoms with van der Waals surface area (Å²) in [6.45, 7) is 0. The summed E-state index contributed by atoms with van der Waals surface area (Å²) in [4.78, 5) is 10.8. The van der Waals surface area contributed by atoms with Gasteiger partial charge in [-0.2, -0.15) is 0 Å². The van der Waals surface area contributed by atoms with Crippen LogP contribution in [-0.4, -0.2) is 11.1 Å². The highest BCUT2D eigenvalue weighted by atomic mass is 19.2. The molecular weight excluding hydrogens is 233 g/mol. The van der Waals surface area contributed by atoms with Crippen molar-refractivity contribution in [3.63, 3.8) is 0 Å². The maximum Gasteiger partial charge on any atom is 0.304 e. The van der Waals surface area contributed by atoms with Crippen LogP contribution in [-0.2, 0) is 10.2 Å². The minimum Gasteiger partial charge on any atom is -0.481 e. The van der Waals surface area contributed by atoms with E-state index >= 15 is 0 Å². The van der Waals surface area contributed by atoms with Gasteiger partial charge in [-0.1, -0.05) is 12.5 Å². The van der Waals surface area contributed by atoms with E-state index in [1.165, 1.54) is 0 Å². The van der Waals surface area contributed by atoms with E-state index in [1.54, 1.807) is 0 Å². The molecule has 2 nitrogen and oxygen atoms in total. The smallest absolute Gasteiger partial charge is 0.304 e. The quantitative estimate of drug-likeness (QED) is 0.830. The molecule has 0 atom stereocenters. The zero-order valence-corrected chi connectivity index (χ0v) is 8.97. The molecule has 0 saturated heterocycles. The van der Waals surface area contributed by atoms with Gasteiger partial charge in [0.25, 0.3) is 0 Å². The minimum absolute atomic E-state index is 0.0231. The lowest BCUT2D eigenvalue weighted by Crippen LogP contribution is -2.37. The number of aliphatic carboxylic acids is 1. The SMILES string of the molecule is O=C(O)CC1(c2ccc(F)c(F)c2F)CCC1. The van der Waals surface area contributed by atoms with Gasteiger partial charge in [-0.25, -0.2) is 13.2 Å². The maximum absolute atomic E-state index is 13.6.